The molecule has 0 aromatic carbocycles. The Kier molecular flexibility index (Phi) is 5.48. The van der Waals surface area contributed by atoms with Crippen LogP contribution in [0.25, 0.3) is 0 Å². The molecule has 0 aromatic rings. The van der Waals surface area contributed by atoms with Crippen LogP contribution in [-0.4, -0.2) is 46.7 Å². The van der Waals surface area contributed by atoms with Crippen molar-refractivity contribution >= 4 is 38.5 Å². The summed E-state index contributed by atoms with van der Waals surface area (Å²) in [5.41, 5.74) is -12.2. The van der Waals surface area contributed by atoms with Gasteiger partial charge in [-0.15, -0.1) is 0 Å². The van der Waals surface area contributed by atoms with Crippen LogP contribution < -0.4 is 0 Å². The van der Waals surface area contributed by atoms with E-state index in [-0.39, 0.29) is 18.9 Å². The van der Waals surface area contributed by atoms with Crippen molar-refractivity contribution in [3.8, 4) is 0 Å². The molecule has 0 aliphatic rings. The molecule has 0 saturated heterocycles. The van der Waals surface area contributed by atoms with Gasteiger partial charge in [0.25, 0.3) is 19.7 Å². The molecular weight excluding hydrogens is 285 g/mol. The van der Waals surface area contributed by atoms with Crippen molar-refractivity contribution < 1.29 is 43.2 Å². The van der Waals surface area contributed by atoms with Gasteiger partial charge in [0.2, 0.25) is 5.08 Å². The van der Waals surface area contributed by atoms with Crippen LogP contribution in [0.3, 0.4) is 0 Å². The fourth-order valence-corrected chi connectivity index (χ4v) is 2.48. The number of hydrogen-bond donors (Lipinski definition) is 0. The average Bonchev–Trinajstić information content (AvgIpc) is 1.77. The van der Waals surface area contributed by atoms with Crippen molar-refractivity contribution in [1.29, 1.82) is 0 Å². The van der Waals surface area contributed by atoms with E-state index in [2.05, 4.69) is 0 Å². The second-order valence-corrected chi connectivity index (χ2v) is 5.95. The van der Waals surface area contributed by atoms with Gasteiger partial charge in [-0.25, -0.2) is 16.8 Å². The maximum atomic E-state index is 11.5. The molecule has 4 nitrogen and oxygen atoms in total. The Morgan fingerprint density at radius 3 is 1.00 bits per heavy atom. The van der Waals surface area contributed by atoms with Crippen LogP contribution in [0.2, 0.25) is 0 Å². The zero-order valence-corrected chi connectivity index (χ0v) is 7.93. The van der Waals surface area contributed by atoms with Gasteiger partial charge in [-0.05, 0) is 0 Å². The summed E-state index contributed by atoms with van der Waals surface area (Å²) in [5.74, 6) is 0. The molecule has 0 saturated carbocycles. The summed E-state index contributed by atoms with van der Waals surface area (Å²) in [4.78, 5) is 0. The normalized spacial score (nSPS) is 14.4. The van der Waals surface area contributed by atoms with Gasteiger partial charge in [0.1, 0.15) is 0 Å². The summed E-state index contributed by atoms with van der Waals surface area (Å²) in [7, 11) is -12.9. The Hall–Kier alpha value is 0.0774. The Labute approximate surface area is 98.0 Å². The van der Waals surface area contributed by atoms with Crippen molar-refractivity contribution in [2.45, 2.75) is 11.0 Å². The van der Waals surface area contributed by atoms with E-state index < -0.39 is 35.8 Å². The number of halogens is 6. The summed E-state index contributed by atoms with van der Waals surface area (Å²) in [5, 5.41) is -1.76. The van der Waals surface area contributed by atoms with Crippen LogP contribution >= 0.6 is 0 Å². The Morgan fingerprint density at radius 1 is 0.688 bits per heavy atom. The number of rotatable bonds is 2. The van der Waals surface area contributed by atoms with Crippen LogP contribution in [0.15, 0.2) is 0 Å². The van der Waals surface area contributed by atoms with Crippen molar-refractivity contribution in [2.75, 3.05) is 0 Å². The van der Waals surface area contributed by atoms with Gasteiger partial charge < -0.3 is 0 Å². The fourth-order valence-electron chi connectivity index (χ4n) is 0.276. The monoisotopic (exact) mass is 287 g/mol. The van der Waals surface area contributed by atoms with Crippen molar-refractivity contribution in [1.82, 2.24) is 0 Å². The van der Waals surface area contributed by atoms with E-state index in [9.17, 15) is 43.2 Å². The van der Waals surface area contributed by atoms with Gasteiger partial charge in [-0.2, -0.15) is 26.3 Å². The van der Waals surface area contributed by atoms with Crippen LogP contribution in [0.5, 0.6) is 0 Å². The van der Waals surface area contributed by atoms with E-state index >= 15 is 0 Å². The Bertz CT molecular complexity index is 387. The molecule has 0 aliphatic heterocycles. The molecule has 1 radical (unpaired) electrons. The molecule has 13 heteroatoms. The maximum absolute atomic E-state index is 11.5. The molecule has 93 valence electrons. The topological polar surface area (TPSA) is 68.3 Å². The third-order valence-electron chi connectivity index (χ3n) is 0.899. The van der Waals surface area contributed by atoms with E-state index in [1.54, 1.807) is 0 Å². The molecule has 0 heterocycles. The molecule has 0 aliphatic carbocycles. The predicted molar refractivity (Wildman–Crippen MR) is 41.4 cm³/mol. The molecule has 0 amide bonds. The van der Waals surface area contributed by atoms with Gasteiger partial charge in [0.15, 0.2) is 0 Å². The molecule has 0 aromatic heterocycles. The molecule has 0 N–H and O–H groups in total. The van der Waals surface area contributed by atoms with E-state index in [0.29, 0.717) is 0 Å². The predicted octanol–water partition coefficient (Wildman–Crippen LogP) is 0.326. The average molecular weight is 287 g/mol. The molecule has 0 rings (SSSR count). The van der Waals surface area contributed by atoms with Crippen LogP contribution in [0.1, 0.15) is 0 Å². The summed E-state index contributed by atoms with van der Waals surface area (Å²) in [6.45, 7) is 0. The summed E-state index contributed by atoms with van der Waals surface area (Å²) in [6, 6.07) is 0. The van der Waals surface area contributed by atoms with E-state index in [4.69, 9.17) is 0 Å². The SMILES string of the molecule is O=S(=O)([CH]S(=O)(=O)C(F)(F)F)C(F)(F)F.[LiH]. The van der Waals surface area contributed by atoms with Gasteiger partial charge in [-0.1, -0.05) is 0 Å². The van der Waals surface area contributed by atoms with E-state index in [0.717, 1.165) is 0 Å². The molecule has 0 spiro atoms. The molecular formula is C3H2F6LiO4S2. The first kappa shape index (κ1) is 18.4. The summed E-state index contributed by atoms with van der Waals surface area (Å²) >= 11 is 0. The van der Waals surface area contributed by atoms with Gasteiger partial charge in [0, 0.05) is 0 Å². The van der Waals surface area contributed by atoms with E-state index in [1.165, 1.54) is 0 Å². The number of alkyl halides is 6. The van der Waals surface area contributed by atoms with Crippen LogP contribution in [-0.2, 0) is 19.7 Å². The first-order valence-electron chi connectivity index (χ1n) is 2.68. The zero-order chi connectivity index (χ0) is 12.7. The second kappa shape index (κ2) is 4.75. The molecule has 0 atom stereocenters. The molecule has 16 heavy (non-hydrogen) atoms. The number of sulfone groups is 2. The second-order valence-electron chi connectivity index (χ2n) is 2.08. The van der Waals surface area contributed by atoms with Crippen LogP contribution in [0.4, 0.5) is 26.3 Å². The summed E-state index contributed by atoms with van der Waals surface area (Å²) < 4.78 is 109. The Balaban J connectivity index is 0. The van der Waals surface area contributed by atoms with Gasteiger partial charge >= 0.3 is 29.9 Å². The fraction of sp³-hybridized carbons (Fsp3) is 0.667. The standard InChI is InChI=1S/C3HF6O4S2.Li.H/c4-2(5,6)14(10,11)1-15(12,13)3(7,8)9;;/h1H;;. The van der Waals surface area contributed by atoms with Crippen molar-refractivity contribution in [3.63, 3.8) is 0 Å². The quantitative estimate of drug-likeness (QED) is 0.542. The van der Waals surface area contributed by atoms with E-state index in [1.807, 2.05) is 0 Å². The summed E-state index contributed by atoms with van der Waals surface area (Å²) in [6.07, 6.45) is 0. The van der Waals surface area contributed by atoms with Gasteiger partial charge in [-0.3, -0.25) is 0 Å². The molecule has 0 bridgehead atoms. The first-order valence-corrected chi connectivity index (χ1v) is 5.77. The molecule has 0 fully saturated rings. The third kappa shape index (κ3) is 4.15. The first-order chi connectivity index (χ1) is 6.21. The van der Waals surface area contributed by atoms with Gasteiger partial charge in [0.05, 0.1) is 0 Å². The third-order valence-corrected chi connectivity index (χ3v) is 4.22. The van der Waals surface area contributed by atoms with Crippen LogP contribution in [0, 0.1) is 5.08 Å². The zero-order valence-electron chi connectivity index (χ0n) is 6.29. The van der Waals surface area contributed by atoms with Crippen molar-refractivity contribution in [2.24, 2.45) is 0 Å². The number of hydrogen-bond acceptors (Lipinski definition) is 4. The Morgan fingerprint density at radius 2 is 0.875 bits per heavy atom. The minimum atomic E-state index is -6.47. The molecule has 0 unspecified atom stereocenters. The minimum absolute atomic E-state index is 0. The van der Waals surface area contributed by atoms with Crippen molar-refractivity contribution in [3.05, 3.63) is 5.08 Å².